The molecule has 1 aliphatic rings. The van der Waals surface area contributed by atoms with Crippen molar-refractivity contribution in [2.75, 3.05) is 25.6 Å². The molecule has 5 nitrogen and oxygen atoms in total. The third-order valence-electron chi connectivity index (χ3n) is 3.66. The number of hydrogen-bond acceptors (Lipinski definition) is 3. The van der Waals surface area contributed by atoms with Crippen molar-refractivity contribution < 1.29 is 18.7 Å². The fourth-order valence-corrected chi connectivity index (χ4v) is 2.66. The highest BCUT2D eigenvalue weighted by Crippen LogP contribution is 2.24. The number of carbonyl (C=O) groups is 2. The first-order valence-corrected chi connectivity index (χ1v) is 7.34. The Hall–Kier alpha value is -1.66. The normalized spacial score (nSPS) is 19.4. The first-order chi connectivity index (χ1) is 10.4. The van der Waals surface area contributed by atoms with Crippen LogP contribution in [0, 0.1) is 11.7 Å². The van der Waals surface area contributed by atoms with E-state index < -0.39 is 11.7 Å². The van der Waals surface area contributed by atoms with Crippen LogP contribution >= 0.6 is 11.6 Å². The van der Waals surface area contributed by atoms with Gasteiger partial charge >= 0.3 is 0 Å². The number of likely N-dealkylation sites (tertiary alicyclic amines) is 1. The number of rotatable bonds is 5. The number of ether oxygens (including phenoxy) is 1. The van der Waals surface area contributed by atoms with Gasteiger partial charge in [0.25, 0.3) is 0 Å². The Bertz CT molecular complexity index is 582. The van der Waals surface area contributed by atoms with Gasteiger partial charge < -0.3 is 15.0 Å². The minimum absolute atomic E-state index is 0.0596. The van der Waals surface area contributed by atoms with Crippen molar-refractivity contribution in [3.63, 3.8) is 0 Å². The molecule has 7 heteroatoms. The maximum Gasteiger partial charge on any atom is 0.229 e. The third-order valence-corrected chi connectivity index (χ3v) is 3.95. The number of amides is 2. The van der Waals surface area contributed by atoms with E-state index >= 15 is 0 Å². The summed E-state index contributed by atoms with van der Waals surface area (Å²) in [5.74, 6) is -1.32. The van der Waals surface area contributed by atoms with Gasteiger partial charge in [0.15, 0.2) is 0 Å². The van der Waals surface area contributed by atoms with Crippen molar-refractivity contribution in [3.05, 3.63) is 29.0 Å². The van der Waals surface area contributed by atoms with Crippen molar-refractivity contribution in [2.24, 2.45) is 5.92 Å². The molecule has 1 N–H and O–H groups in total. The first kappa shape index (κ1) is 16.7. The topological polar surface area (TPSA) is 58.6 Å². The van der Waals surface area contributed by atoms with Gasteiger partial charge in [0.2, 0.25) is 11.8 Å². The fraction of sp³-hybridized carbons (Fsp3) is 0.467. The molecule has 120 valence electrons. The first-order valence-electron chi connectivity index (χ1n) is 6.96. The van der Waals surface area contributed by atoms with E-state index in [9.17, 15) is 14.0 Å². The number of methoxy groups -OCH3 is 1. The van der Waals surface area contributed by atoms with Gasteiger partial charge in [-0.3, -0.25) is 9.59 Å². The fourth-order valence-electron chi connectivity index (χ4n) is 2.48. The lowest BCUT2D eigenvalue weighted by Crippen LogP contribution is -2.38. The number of nitrogens with one attached hydrogen (secondary N) is 1. The van der Waals surface area contributed by atoms with Crippen molar-refractivity contribution in [1.82, 2.24) is 4.90 Å². The van der Waals surface area contributed by atoms with Gasteiger partial charge in [0, 0.05) is 25.8 Å². The van der Waals surface area contributed by atoms with E-state index in [1.54, 1.807) is 12.0 Å². The summed E-state index contributed by atoms with van der Waals surface area (Å²) in [6.07, 6.45) is 0.162. The molecular weight excluding hydrogens is 311 g/mol. The monoisotopic (exact) mass is 328 g/mol. The Balaban J connectivity index is 1.99. The number of benzene rings is 1. The van der Waals surface area contributed by atoms with Crippen LogP contribution in [0.5, 0.6) is 0 Å². The second-order valence-corrected chi connectivity index (χ2v) is 5.78. The van der Waals surface area contributed by atoms with Crippen LogP contribution in [-0.2, 0) is 14.3 Å². The molecule has 2 rings (SSSR count). The van der Waals surface area contributed by atoms with Crippen molar-refractivity contribution >= 4 is 29.1 Å². The lowest BCUT2D eigenvalue weighted by Gasteiger charge is -2.23. The molecule has 22 heavy (non-hydrogen) atoms. The SMILES string of the molecule is COC[C@@H](C)N1C[C@H](C(=O)Nc2ccc(F)c(Cl)c2)CC1=O. The zero-order valence-electron chi connectivity index (χ0n) is 12.4. The van der Waals surface area contributed by atoms with E-state index in [0.29, 0.717) is 18.8 Å². The lowest BCUT2D eigenvalue weighted by atomic mass is 10.1. The average molecular weight is 329 g/mol. The summed E-state index contributed by atoms with van der Waals surface area (Å²) in [6.45, 7) is 2.65. The van der Waals surface area contributed by atoms with Crippen LogP contribution in [0.15, 0.2) is 18.2 Å². The zero-order valence-corrected chi connectivity index (χ0v) is 13.2. The van der Waals surface area contributed by atoms with Gasteiger partial charge in [-0.1, -0.05) is 11.6 Å². The molecule has 1 fully saturated rings. The predicted molar refractivity (Wildman–Crippen MR) is 81.2 cm³/mol. The van der Waals surface area contributed by atoms with Crippen LogP contribution in [0.25, 0.3) is 0 Å². The van der Waals surface area contributed by atoms with Crippen molar-refractivity contribution in [1.29, 1.82) is 0 Å². The quantitative estimate of drug-likeness (QED) is 0.902. The number of hydrogen-bond donors (Lipinski definition) is 1. The molecule has 0 unspecified atom stereocenters. The molecule has 0 saturated carbocycles. The van der Waals surface area contributed by atoms with E-state index in [-0.39, 0.29) is 29.3 Å². The second-order valence-electron chi connectivity index (χ2n) is 5.37. The molecule has 2 amide bonds. The maximum atomic E-state index is 13.1. The van der Waals surface area contributed by atoms with Crippen molar-refractivity contribution in [2.45, 2.75) is 19.4 Å². The van der Waals surface area contributed by atoms with E-state index in [0.717, 1.165) is 0 Å². The van der Waals surface area contributed by atoms with E-state index in [2.05, 4.69) is 5.32 Å². The molecule has 0 aliphatic carbocycles. The highest BCUT2D eigenvalue weighted by Gasteiger charge is 2.36. The summed E-state index contributed by atoms with van der Waals surface area (Å²) in [6, 6.07) is 3.89. The molecule has 0 radical (unpaired) electrons. The Morgan fingerprint density at radius 1 is 1.59 bits per heavy atom. The molecule has 1 aromatic rings. The molecule has 0 bridgehead atoms. The lowest BCUT2D eigenvalue weighted by molar-refractivity contribution is -0.130. The van der Waals surface area contributed by atoms with Crippen molar-refractivity contribution in [3.8, 4) is 0 Å². The number of anilines is 1. The smallest absolute Gasteiger partial charge is 0.229 e. The molecule has 1 aliphatic heterocycles. The maximum absolute atomic E-state index is 13.1. The minimum Gasteiger partial charge on any atom is -0.383 e. The number of halogens is 2. The summed E-state index contributed by atoms with van der Waals surface area (Å²) >= 11 is 5.68. The van der Waals surface area contributed by atoms with Gasteiger partial charge in [-0.05, 0) is 25.1 Å². The van der Waals surface area contributed by atoms with Crippen LogP contribution in [0.4, 0.5) is 10.1 Å². The molecule has 1 heterocycles. The largest absolute Gasteiger partial charge is 0.383 e. The van der Waals surface area contributed by atoms with E-state index in [1.165, 1.54) is 18.2 Å². The van der Waals surface area contributed by atoms with Gasteiger partial charge in [-0.2, -0.15) is 0 Å². The summed E-state index contributed by atoms with van der Waals surface area (Å²) in [5.41, 5.74) is 0.409. The van der Waals surface area contributed by atoms with Crippen LogP contribution in [-0.4, -0.2) is 43.0 Å². The van der Waals surface area contributed by atoms with Gasteiger partial charge in [0.1, 0.15) is 5.82 Å². The van der Waals surface area contributed by atoms with Crippen LogP contribution in [0.2, 0.25) is 5.02 Å². The summed E-state index contributed by atoms with van der Waals surface area (Å²) in [7, 11) is 1.57. The Morgan fingerprint density at radius 3 is 2.95 bits per heavy atom. The van der Waals surface area contributed by atoms with Crippen LogP contribution < -0.4 is 5.32 Å². The van der Waals surface area contributed by atoms with E-state index in [1.807, 2.05) is 6.92 Å². The molecule has 2 atom stereocenters. The standard InChI is InChI=1S/C15H18ClFN2O3/c1-9(8-22-2)19-7-10(5-14(19)20)15(21)18-11-3-4-13(17)12(16)6-11/h3-4,6,9-10H,5,7-8H2,1-2H3,(H,18,21)/t9-,10-/m1/s1. The molecule has 1 aromatic carbocycles. The Labute approximate surface area is 133 Å². The minimum atomic E-state index is -0.546. The summed E-state index contributed by atoms with van der Waals surface area (Å²) < 4.78 is 18.1. The number of nitrogens with zero attached hydrogens (tertiary/aromatic N) is 1. The molecule has 0 spiro atoms. The molecule has 0 aromatic heterocycles. The number of carbonyl (C=O) groups excluding carboxylic acids is 2. The van der Waals surface area contributed by atoms with Crippen LogP contribution in [0.1, 0.15) is 13.3 Å². The predicted octanol–water partition coefficient (Wildman–Crippen LogP) is 2.30. The zero-order chi connectivity index (χ0) is 16.3. The van der Waals surface area contributed by atoms with Gasteiger partial charge in [0.05, 0.1) is 23.6 Å². The Kier molecular flexibility index (Phi) is 5.37. The van der Waals surface area contributed by atoms with Crippen LogP contribution in [0.3, 0.4) is 0 Å². The highest BCUT2D eigenvalue weighted by molar-refractivity contribution is 6.31. The highest BCUT2D eigenvalue weighted by atomic mass is 35.5. The van der Waals surface area contributed by atoms with E-state index in [4.69, 9.17) is 16.3 Å². The van der Waals surface area contributed by atoms with Gasteiger partial charge in [-0.15, -0.1) is 0 Å². The summed E-state index contributed by atoms with van der Waals surface area (Å²) in [5, 5.41) is 2.60. The third kappa shape index (κ3) is 3.75. The second kappa shape index (κ2) is 7.07. The molecule has 1 saturated heterocycles. The summed E-state index contributed by atoms with van der Waals surface area (Å²) in [4.78, 5) is 25.8. The average Bonchev–Trinajstić information content (AvgIpc) is 2.85. The Morgan fingerprint density at radius 2 is 2.32 bits per heavy atom. The molecular formula is C15H18ClFN2O3. The van der Waals surface area contributed by atoms with Gasteiger partial charge in [-0.25, -0.2) is 4.39 Å².